The minimum absolute atomic E-state index is 0.605. The van der Waals surface area contributed by atoms with E-state index in [1.54, 1.807) is 12.8 Å². The van der Waals surface area contributed by atoms with Crippen LogP contribution in [0.25, 0.3) is 0 Å². The van der Waals surface area contributed by atoms with Gasteiger partial charge in [0.25, 0.3) is 0 Å². The van der Waals surface area contributed by atoms with Crippen LogP contribution in [0, 0.1) is 52.3 Å². The van der Waals surface area contributed by atoms with E-state index in [0.717, 1.165) is 48.0 Å². The van der Waals surface area contributed by atoms with Crippen molar-refractivity contribution < 1.29 is 4.74 Å². The summed E-state index contributed by atoms with van der Waals surface area (Å²) in [7, 11) is 0. The number of rotatable bonds is 5. The number of fused-ring (bicyclic) bond motifs is 4. The number of hydrogen-bond donors (Lipinski definition) is 0. The highest BCUT2D eigenvalue weighted by Gasteiger charge is 2.63. The predicted molar refractivity (Wildman–Crippen MR) is 117 cm³/mol. The molecule has 0 aromatic rings. The Balaban J connectivity index is 1.31. The number of hydrogen-bond acceptors (Lipinski definition) is 1. The van der Waals surface area contributed by atoms with Crippen molar-refractivity contribution in [3.05, 3.63) is 0 Å². The summed E-state index contributed by atoms with van der Waals surface area (Å²) in [6, 6.07) is 0. The van der Waals surface area contributed by atoms with E-state index in [4.69, 9.17) is 4.74 Å². The van der Waals surface area contributed by atoms with Crippen molar-refractivity contribution in [3.8, 4) is 0 Å². The third-order valence-electron chi connectivity index (χ3n) is 11.1. The van der Waals surface area contributed by atoms with Gasteiger partial charge in [-0.2, -0.15) is 0 Å². The summed E-state index contributed by atoms with van der Waals surface area (Å²) in [5.74, 6) is 6.88. The van der Waals surface area contributed by atoms with Crippen LogP contribution in [0.5, 0.6) is 0 Å². The summed E-state index contributed by atoms with van der Waals surface area (Å²) in [6.07, 6.45) is 18.4. The molecule has 0 unspecified atom stereocenters. The first-order chi connectivity index (χ1) is 13.4. The molecular weight excluding hydrogens is 340 g/mol. The molecule has 1 saturated heterocycles. The highest BCUT2D eigenvalue weighted by molar-refractivity contribution is 5.12. The maximum atomic E-state index is 6.35. The molecule has 1 aliphatic heterocycles. The van der Waals surface area contributed by atoms with Crippen LogP contribution in [0.1, 0.15) is 105 Å². The zero-order chi connectivity index (χ0) is 19.5. The lowest BCUT2D eigenvalue weighted by Crippen LogP contribution is -2.54. The fourth-order valence-corrected chi connectivity index (χ4v) is 9.77. The molecule has 2 bridgehead atoms. The first kappa shape index (κ1) is 19.9. The predicted octanol–water partition coefficient (Wildman–Crippen LogP) is 7.49. The summed E-state index contributed by atoms with van der Waals surface area (Å²) in [4.78, 5) is 0. The van der Waals surface area contributed by atoms with Gasteiger partial charge >= 0.3 is 0 Å². The van der Waals surface area contributed by atoms with E-state index in [1.165, 1.54) is 64.2 Å². The first-order valence-corrected chi connectivity index (χ1v) is 13.1. The minimum Gasteiger partial charge on any atom is -0.378 e. The molecule has 5 fully saturated rings. The van der Waals surface area contributed by atoms with Gasteiger partial charge in [-0.1, -0.05) is 47.0 Å². The zero-order valence-electron chi connectivity index (χ0n) is 19.2. The molecule has 1 spiro atoms. The van der Waals surface area contributed by atoms with Crippen LogP contribution in [-0.2, 0) is 4.74 Å². The van der Waals surface area contributed by atoms with Crippen molar-refractivity contribution in [2.75, 3.05) is 6.61 Å². The summed E-state index contributed by atoms with van der Waals surface area (Å²) in [5.41, 5.74) is 1.25. The van der Waals surface area contributed by atoms with Gasteiger partial charge in [-0.05, 0) is 105 Å². The van der Waals surface area contributed by atoms with Gasteiger partial charge in [0.05, 0.1) is 12.7 Å². The molecule has 0 aromatic heterocycles. The molecule has 0 aromatic carbocycles. The van der Waals surface area contributed by atoms with Crippen molar-refractivity contribution in [2.45, 2.75) is 111 Å². The van der Waals surface area contributed by atoms with Crippen molar-refractivity contribution >= 4 is 0 Å². The van der Waals surface area contributed by atoms with Crippen LogP contribution >= 0.6 is 0 Å². The Kier molecular flexibility index (Phi) is 5.17. The van der Waals surface area contributed by atoms with Crippen molar-refractivity contribution in [1.29, 1.82) is 0 Å². The fraction of sp³-hybridized carbons (Fsp3) is 1.00. The monoisotopic (exact) mass is 386 g/mol. The first-order valence-electron chi connectivity index (χ1n) is 13.1. The largest absolute Gasteiger partial charge is 0.378 e. The van der Waals surface area contributed by atoms with Crippen LogP contribution in [0.2, 0.25) is 0 Å². The van der Waals surface area contributed by atoms with Crippen molar-refractivity contribution in [3.63, 3.8) is 0 Å². The molecular formula is C27H46O. The maximum absolute atomic E-state index is 6.35. The van der Waals surface area contributed by atoms with Gasteiger partial charge in [-0.25, -0.2) is 0 Å². The molecule has 1 nitrogen and oxygen atoms in total. The van der Waals surface area contributed by atoms with Crippen LogP contribution in [0.15, 0.2) is 0 Å². The quantitative estimate of drug-likeness (QED) is 0.475. The molecule has 1 heteroatoms. The summed E-state index contributed by atoms with van der Waals surface area (Å²) < 4.78 is 6.35. The van der Waals surface area contributed by atoms with Gasteiger partial charge < -0.3 is 4.74 Å². The van der Waals surface area contributed by atoms with Gasteiger partial charge in [0.15, 0.2) is 0 Å². The minimum atomic E-state index is 0.605. The lowest BCUT2D eigenvalue weighted by atomic mass is 9.44. The van der Waals surface area contributed by atoms with Crippen molar-refractivity contribution in [2.24, 2.45) is 52.3 Å². The van der Waals surface area contributed by atoms with Crippen molar-refractivity contribution in [1.82, 2.24) is 0 Å². The molecule has 9 atom stereocenters. The van der Waals surface area contributed by atoms with Gasteiger partial charge in [0.1, 0.15) is 0 Å². The third-order valence-corrected chi connectivity index (χ3v) is 11.1. The Hall–Kier alpha value is -0.0400. The van der Waals surface area contributed by atoms with Crippen LogP contribution in [-0.4, -0.2) is 12.7 Å². The Morgan fingerprint density at radius 2 is 1.71 bits per heavy atom. The van der Waals surface area contributed by atoms with Crippen LogP contribution in [0.3, 0.4) is 0 Å². The van der Waals surface area contributed by atoms with E-state index >= 15 is 0 Å². The molecule has 0 amide bonds. The second-order valence-corrected chi connectivity index (χ2v) is 12.6. The molecule has 1 heterocycles. The molecule has 160 valence electrons. The molecule has 0 N–H and O–H groups in total. The number of ether oxygens (including phenoxy) is 1. The lowest BCUT2D eigenvalue weighted by molar-refractivity contribution is -0.111. The molecule has 28 heavy (non-hydrogen) atoms. The van der Waals surface area contributed by atoms with E-state index in [-0.39, 0.29) is 0 Å². The van der Waals surface area contributed by atoms with E-state index < -0.39 is 0 Å². The van der Waals surface area contributed by atoms with E-state index in [2.05, 4.69) is 27.7 Å². The molecule has 0 radical (unpaired) electrons. The van der Waals surface area contributed by atoms with Gasteiger partial charge in [0, 0.05) is 5.41 Å². The zero-order valence-corrected chi connectivity index (χ0v) is 19.2. The average Bonchev–Trinajstić information content (AvgIpc) is 3.18. The van der Waals surface area contributed by atoms with E-state index in [9.17, 15) is 0 Å². The Labute approximate surface area is 174 Å². The normalized spacial score (nSPS) is 50.9. The standard InChI is InChI=1S/C27H46O/c1-18(2)6-5-7-19(3)23-12-13-24-22-11-9-20-8-10-21-16-27(20,17-28-21)25(22)14-15-26(23,24)4/h18-25H,5-17H2,1-4H3/t19-,20+,21-,22-,23-,24+,25+,26+,27-/m0/s1. The third kappa shape index (κ3) is 2.96. The van der Waals surface area contributed by atoms with Crippen LogP contribution < -0.4 is 0 Å². The second-order valence-electron chi connectivity index (χ2n) is 12.6. The molecule has 5 aliphatic rings. The van der Waals surface area contributed by atoms with Crippen LogP contribution in [0.4, 0.5) is 0 Å². The van der Waals surface area contributed by atoms with Gasteiger partial charge in [-0.15, -0.1) is 0 Å². The summed E-state index contributed by atoms with van der Waals surface area (Å²) in [5, 5.41) is 0. The Bertz CT molecular complexity index is 569. The topological polar surface area (TPSA) is 9.23 Å². The highest BCUT2D eigenvalue weighted by Crippen LogP contribution is 2.69. The fourth-order valence-electron chi connectivity index (χ4n) is 9.77. The highest BCUT2D eigenvalue weighted by atomic mass is 16.5. The second kappa shape index (κ2) is 7.28. The van der Waals surface area contributed by atoms with Gasteiger partial charge in [0.2, 0.25) is 0 Å². The lowest BCUT2D eigenvalue weighted by Gasteiger charge is -2.60. The molecule has 4 saturated carbocycles. The smallest absolute Gasteiger partial charge is 0.0581 e. The maximum Gasteiger partial charge on any atom is 0.0581 e. The Morgan fingerprint density at radius 3 is 2.54 bits per heavy atom. The average molecular weight is 387 g/mol. The van der Waals surface area contributed by atoms with E-state index in [0.29, 0.717) is 16.9 Å². The Morgan fingerprint density at radius 1 is 0.893 bits per heavy atom. The summed E-state index contributed by atoms with van der Waals surface area (Å²) >= 11 is 0. The molecule has 5 rings (SSSR count). The van der Waals surface area contributed by atoms with Gasteiger partial charge in [-0.3, -0.25) is 0 Å². The molecule has 4 aliphatic carbocycles. The van der Waals surface area contributed by atoms with E-state index in [1.807, 2.05) is 0 Å². The summed E-state index contributed by atoms with van der Waals surface area (Å²) in [6.45, 7) is 11.2. The SMILES string of the molecule is CC(C)CCC[C@H](C)[C@@H]1CC[C@@H]2[C@@H]3CC[C@H]4CC[C@H]5C[C@@]4(CO5)[C@@H]3CC[C@@]21C.